The van der Waals surface area contributed by atoms with Crippen LogP contribution >= 0.6 is 12.4 Å². The number of amides is 1. The molecule has 23 heavy (non-hydrogen) atoms. The predicted octanol–water partition coefficient (Wildman–Crippen LogP) is 1.84. The molecule has 1 fully saturated rings. The minimum atomic E-state index is -0.264. The number of nitrogens with zero attached hydrogens (tertiary/aromatic N) is 2. The van der Waals surface area contributed by atoms with Crippen LogP contribution in [0.5, 0.6) is 0 Å². The third kappa shape index (κ3) is 4.53. The Kier molecular flexibility index (Phi) is 6.12. The number of carbonyl (C=O) groups is 1. The Morgan fingerprint density at radius 2 is 2.13 bits per heavy atom. The molecule has 0 radical (unpaired) electrons. The Balaban J connectivity index is 0.00000192. The fourth-order valence-corrected chi connectivity index (χ4v) is 2.58. The Labute approximate surface area is 140 Å². The lowest BCUT2D eigenvalue weighted by molar-refractivity contribution is -0.122. The second kappa shape index (κ2) is 8.08. The summed E-state index contributed by atoms with van der Waals surface area (Å²) < 4.78 is 14.6. The molecule has 7 heteroatoms. The van der Waals surface area contributed by atoms with Crippen molar-refractivity contribution in [2.45, 2.75) is 25.3 Å². The van der Waals surface area contributed by atoms with Gasteiger partial charge in [0.05, 0.1) is 17.4 Å². The lowest BCUT2D eigenvalue weighted by atomic mass is 10.2. The van der Waals surface area contributed by atoms with Crippen molar-refractivity contribution in [3.8, 4) is 5.69 Å². The Morgan fingerprint density at radius 3 is 2.83 bits per heavy atom. The lowest BCUT2D eigenvalue weighted by Crippen LogP contribution is -2.41. The molecule has 1 atom stereocenters. The normalized spacial score (nSPS) is 16.8. The fourth-order valence-electron chi connectivity index (χ4n) is 2.58. The highest BCUT2D eigenvalue weighted by atomic mass is 35.5. The maximum atomic E-state index is 12.9. The highest BCUT2D eigenvalue weighted by Gasteiger charge is 2.21. The molecule has 1 saturated heterocycles. The van der Waals surface area contributed by atoms with E-state index in [-0.39, 0.29) is 30.2 Å². The van der Waals surface area contributed by atoms with Crippen LogP contribution in [-0.4, -0.2) is 34.8 Å². The summed E-state index contributed by atoms with van der Waals surface area (Å²) in [5.41, 5.74) is 1.70. The average Bonchev–Trinajstić information content (AvgIpc) is 3.19. The number of hydrogen-bond donors (Lipinski definition) is 2. The van der Waals surface area contributed by atoms with Crippen molar-refractivity contribution in [3.63, 3.8) is 0 Å². The summed E-state index contributed by atoms with van der Waals surface area (Å²) in [6.07, 6.45) is 4.47. The van der Waals surface area contributed by atoms with Gasteiger partial charge in [0.25, 0.3) is 0 Å². The summed E-state index contributed by atoms with van der Waals surface area (Å²) in [5, 5.41) is 10.5. The summed E-state index contributed by atoms with van der Waals surface area (Å²) >= 11 is 0. The van der Waals surface area contributed by atoms with Gasteiger partial charge >= 0.3 is 0 Å². The van der Waals surface area contributed by atoms with Gasteiger partial charge in [-0.2, -0.15) is 5.10 Å². The molecule has 2 N–H and O–H groups in total. The minimum absolute atomic E-state index is 0. The summed E-state index contributed by atoms with van der Waals surface area (Å²) in [7, 11) is 0. The van der Waals surface area contributed by atoms with Crippen molar-refractivity contribution in [2.75, 3.05) is 13.1 Å². The molecule has 2 aromatic rings. The first-order valence-corrected chi connectivity index (χ1v) is 7.54. The number of halogens is 2. The van der Waals surface area contributed by atoms with E-state index in [1.807, 2.05) is 12.3 Å². The summed E-state index contributed by atoms with van der Waals surface area (Å²) in [6, 6.07) is 8.04. The third-order valence-electron chi connectivity index (χ3n) is 3.79. The number of hydrogen-bond acceptors (Lipinski definition) is 3. The maximum Gasteiger partial charge on any atom is 0.237 e. The molecule has 0 spiro atoms. The van der Waals surface area contributed by atoms with E-state index in [1.54, 1.807) is 16.8 Å². The number of aromatic nitrogens is 2. The van der Waals surface area contributed by atoms with E-state index in [9.17, 15) is 9.18 Å². The zero-order valence-corrected chi connectivity index (χ0v) is 13.5. The monoisotopic (exact) mass is 338 g/mol. The molecule has 1 aliphatic heterocycles. The van der Waals surface area contributed by atoms with Crippen molar-refractivity contribution in [2.24, 2.45) is 0 Å². The molecule has 1 unspecified atom stereocenters. The van der Waals surface area contributed by atoms with Crippen LogP contribution in [0, 0.1) is 5.82 Å². The molecule has 1 amide bonds. The minimum Gasteiger partial charge on any atom is -0.354 e. The highest BCUT2D eigenvalue weighted by Crippen LogP contribution is 2.09. The fraction of sp³-hybridized carbons (Fsp3) is 0.375. The van der Waals surface area contributed by atoms with E-state index in [0.717, 1.165) is 30.8 Å². The highest BCUT2D eigenvalue weighted by molar-refractivity contribution is 5.85. The van der Waals surface area contributed by atoms with Gasteiger partial charge in [0.1, 0.15) is 5.82 Å². The SMILES string of the molecule is Cl.O=C(NCCc1ccn(-c2ccc(F)cc2)n1)C1CCCN1. The smallest absolute Gasteiger partial charge is 0.237 e. The first kappa shape index (κ1) is 17.4. The lowest BCUT2D eigenvalue weighted by Gasteiger charge is -2.10. The standard InChI is InChI=1S/C16H19FN4O.ClH/c17-12-3-5-14(6-4-12)21-11-8-13(20-21)7-10-19-16(22)15-2-1-9-18-15;/h3-6,8,11,15,18H,1-2,7,9-10H2,(H,19,22);1H. The second-order valence-electron chi connectivity index (χ2n) is 5.42. The van der Waals surface area contributed by atoms with Crippen LogP contribution in [0.15, 0.2) is 36.5 Å². The van der Waals surface area contributed by atoms with Gasteiger partial charge in [0.15, 0.2) is 0 Å². The van der Waals surface area contributed by atoms with Crippen LogP contribution in [0.1, 0.15) is 18.5 Å². The summed E-state index contributed by atoms with van der Waals surface area (Å²) in [6.45, 7) is 1.48. The van der Waals surface area contributed by atoms with Crippen molar-refractivity contribution < 1.29 is 9.18 Å². The van der Waals surface area contributed by atoms with Crippen LogP contribution in [0.2, 0.25) is 0 Å². The topological polar surface area (TPSA) is 59.0 Å². The van der Waals surface area contributed by atoms with Crippen LogP contribution in [-0.2, 0) is 11.2 Å². The van der Waals surface area contributed by atoms with Gasteiger partial charge in [0.2, 0.25) is 5.91 Å². The Hall–Kier alpha value is -1.92. The van der Waals surface area contributed by atoms with Crippen LogP contribution in [0.4, 0.5) is 4.39 Å². The van der Waals surface area contributed by atoms with E-state index in [4.69, 9.17) is 0 Å². The van der Waals surface area contributed by atoms with E-state index in [0.29, 0.717) is 13.0 Å². The van der Waals surface area contributed by atoms with Crippen molar-refractivity contribution in [3.05, 3.63) is 48.0 Å². The van der Waals surface area contributed by atoms with E-state index in [2.05, 4.69) is 15.7 Å². The molecule has 1 aromatic carbocycles. The molecule has 3 rings (SSSR count). The molecular weight excluding hydrogens is 319 g/mol. The maximum absolute atomic E-state index is 12.9. The number of carbonyl (C=O) groups excluding carboxylic acids is 1. The third-order valence-corrected chi connectivity index (χ3v) is 3.79. The van der Waals surface area contributed by atoms with Crippen molar-refractivity contribution >= 4 is 18.3 Å². The number of benzene rings is 1. The largest absolute Gasteiger partial charge is 0.354 e. The molecule has 0 aliphatic carbocycles. The number of nitrogens with one attached hydrogen (secondary N) is 2. The quantitative estimate of drug-likeness (QED) is 0.874. The zero-order chi connectivity index (χ0) is 15.4. The summed E-state index contributed by atoms with van der Waals surface area (Å²) in [4.78, 5) is 11.9. The van der Waals surface area contributed by atoms with Crippen molar-refractivity contribution in [1.29, 1.82) is 0 Å². The molecule has 0 bridgehead atoms. The molecule has 2 heterocycles. The van der Waals surface area contributed by atoms with E-state index >= 15 is 0 Å². The molecule has 1 aromatic heterocycles. The zero-order valence-electron chi connectivity index (χ0n) is 12.7. The van der Waals surface area contributed by atoms with E-state index < -0.39 is 0 Å². The van der Waals surface area contributed by atoms with Crippen LogP contribution in [0.25, 0.3) is 5.69 Å². The molecule has 124 valence electrons. The predicted molar refractivity (Wildman–Crippen MR) is 88.5 cm³/mol. The molecule has 0 saturated carbocycles. The first-order chi connectivity index (χ1) is 10.7. The molecular formula is C16H20ClFN4O. The molecule has 5 nitrogen and oxygen atoms in total. The Morgan fingerprint density at radius 1 is 1.35 bits per heavy atom. The van der Waals surface area contributed by atoms with Gasteiger partial charge < -0.3 is 10.6 Å². The van der Waals surface area contributed by atoms with Gasteiger partial charge in [0, 0.05) is 19.2 Å². The number of rotatable bonds is 5. The average molecular weight is 339 g/mol. The van der Waals surface area contributed by atoms with Crippen molar-refractivity contribution in [1.82, 2.24) is 20.4 Å². The summed E-state index contributed by atoms with van der Waals surface area (Å²) in [5.74, 6) is -0.199. The van der Waals surface area contributed by atoms with Gasteiger partial charge in [-0.05, 0) is 49.7 Å². The van der Waals surface area contributed by atoms with Gasteiger partial charge in [-0.25, -0.2) is 9.07 Å². The first-order valence-electron chi connectivity index (χ1n) is 7.54. The molecule has 1 aliphatic rings. The van der Waals surface area contributed by atoms with Crippen LogP contribution in [0.3, 0.4) is 0 Å². The second-order valence-corrected chi connectivity index (χ2v) is 5.42. The Bertz CT molecular complexity index is 638. The van der Waals surface area contributed by atoms with Gasteiger partial charge in [-0.1, -0.05) is 0 Å². The van der Waals surface area contributed by atoms with Gasteiger partial charge in [-0.3, -0.25) is 4.79 Å². The van der Waals surface area contributed by atoms with Crippen LogP contribution < -0.4 is 10.6 Å². The van der Waals surface area contributed by atoms with Gasteiger partial charge in [-0.15, -0.1) is 12.4 Å². The van der Waals surface area contributed by atoms with E-state index in [1.165, 1.54) is 12.1 Å².